The van der Waals surface area contributed by atoms with Gasteiger partial charge in [-0.25, -0.2) is 18.4 Å². The Bertz CT molecular complexity index is 1570. The highest BCUT2D eigenvalue weighted by molar-refractivity contribution is 7.92. The van der Waals surface area contributed by atoms with E-state index in [1.807, 2.05) is 35.7 Å². The zero-order valence-electron chi connectivity index (χ0n) is 20.9. The van der Waals surface area contributed by atoms with E-state index in [4.69, 9.17) is 19.4 Å². The second kappa shape index (κ2) is 11.0. The van der Waals surface area contributed by atoms with Crippen LogP contribution in [0.15, 0.2) is 58.8 Å². The van der Waals surface area contributed by atoms with Gasteiger partial charge in [-0.3, -0.25) is 14.4 Å². The number of hydrogen-bond acceptors (Lipinski definition) is 9. The number of ether oxygens (including phenoxy) is 2. The Morgan fingerprint density at radius 2 is 1.89 bits per heavy atom. The van der Waals surface area contributed by atoms with Crippen LogP contribution < -0.4 is 14.8 Å². The summed E-state index contributed by atoms with van der Waals surface area (Å²) in [6, 6.07) is 14.1. The van der Waals surface area contributed by atoms with E-state index < -0.39 is 10.0 Å². The van der Waals surface area contributed by atoms with Crippen molar-refractivity contribution >= 4 is 49.0 Å². The van der Waals surface area contributed by atoms with E-state index in [0.29, 0.717) is 41.5 Å². The van der Waals surface area contributed by atoms with Crippen LogP contribution in [-0.4, -0.2) is 62.6 Å². The number of rotatable bonds is 8. The van der Waals surface area contributed by atoms with E-state index in [0.717, 1.165) is 24.2 Å². The SMILES string of the molecule is COc1ccc(NC(C)=O)cc1S(=O)(=O)Nc1nc(CN2CCOCC2)nc2scc(-c3ccccc3)c12. The number of benzene rings is 2. The molecule has 0 saturated carbocycles. The van der Waals surface area contributed by atoms with Crippen molar-refractivity contribution in [3.63, 3.8) is 0 Å². The molecule has 0 atom stereocenters. The Kier molecular flexibility index (Phi) is 7.56. The largest absolute Gasteiger partial charge is 0.495 e. The first-order chi connectivity index (χ1) is 18.3. The number of thiophene rings is 1. The van der Waals surface area contributed by atoms with Crippen LogP contribution in [0.5, 0.6) is 5.75 Å². The third-order valence-electron chi connectivity index (χ3n) is 6.04. The molecular weight excluding hydrogens is 526 g/mol. The first-order valence-electron chi connectivity index (χ1n) is 12.0. The lowest BCUT2D eigenvalue weighted by atomic mass is 10.1. The minimum absolute atomic E-state index is 0.121. The van der Waals surface area contributed by atoms with Gasteiger partial charge in [0.2, 0.25) is 5.91 Å². The third-order valence-corrected chi connectivity index (χ3v) is 8.27. The molecule has 12 heteroatoms. The van der Waals surface area contributed by atoms with Crippen molar-refractivity contribution in [3.05, 3.63) is 59.7 Å². The van der Waals surface area contributed by atoms with Crippen molar-refractivity contribution in [2.45, 2.75) is 18.4 Å². The molecule has 5 rings (SSSR count). The molecule has 0 aliphatic carbocycles. The minimum Gasteiger partial charge on any atom is -0.495 e. The highest BCUT2D eigenvalue weighted by Gasteiger charge is 2.25. The van der Waals surface area contributed by atoms with Gasteiger partial charge in [0.15, 0.2) is 5.82 Å². The van der Waals surface area contributed by atoms with Gasteiger partial charge >= 0.3 is 0 Å². The monoisotopic (exact) mass is 553 g/mol. The standard InChI is InChI=1S/C26H27N5O5S2/c1-17(32)27-19-8-9-21(35-2)22(14-19)38(33,34)30-25-24-20(18-6-4-3-5-7-18)16-37-26(24)29-23(28-25)15-31-10-12-36-13-11-31/h3-9,14,16H,10-13,15H2,1-2H3,(H,27,32)(H,28,29,30). The number of fused-ring (bicyclic) bond motifs is 1. The molecule has 198 valence electrons. The second-order valence-corrected chi connectivity index (χ2v) is 11.2. The first kappa shape index (κ1) is 26.0. The van der Waals surface area contributed by atoms with Gasteiger partial charge in [0.05, 0.1) is 32.3 Å². The predicted octanol–water partition coefficient (Wildman–Crippen LogP) is 3.96. The Labute approximate surface area is 224 Å². The molecule has 1 amide bonds. The van der Waals surface area contributed by atoms with Crippen LogP contribution >= 0.6 is 11.3 Å². The highest BCUT2D eigenvalue weighted by Crippen LogP contribution is 2.38. The van der Waals surface area contributed by atoms with Gasteiger partial charge < -0.3 is 14.8 Å². The number of carbonyl (C=O) groups is 1. The summed E-state index contributed by atoms with van der Waals surface area (Å²) in [5, 5.41) is 5.20. The van der Waals surface area contributed by atoms with Crippen LogP contribution in [0, 0.1) is 0 Å². The summed E-state index contributed by atoms with van der Waals surface area (Å²) < 4.78 is 41.0. The molecule has 10 nitrogen and oxygen atoms in total. The molecule has 38 heavy (non-hydrogen) atoms. The number of carbonyl (C=O) groups excluding carboxylic acids is 1. The molecule has 1 fully saturated rings. The molecule has 1 aliphatic heterocycles. The summed E-state index contributed by atoms with van der Waals surface area (Å²) >= 11 is 1.44. The second-order valence-electron chi connectivity index (χ2n) is 8.72. The number of morpholine rings is 1. The van der Waals surface area contributed by atoms with E-state index >= 15 is 0 Å². The topological polar surface area (TPSA) is 123 Å². The molecule has 1 saturated heterocycles. The van der Waals surface area contributed by atoms with Crippen molar-refractivity contribution in [1.29, 1.82) is 0 Å². The van der Waals surface area contributed by atoms with Crippen LogP contribution in [0.4, 0.5) is 11.5 Å². The van der Waals surface area contributed by atoms with Crippen molar-refractivity contribution in [2.24, 2.45) is 0 Å². The minimum atomic E-state index is -4.18. The van der Waals surface area contributed by atoms with Crippen LogP contribution in [0.2, 0.25) is 0 Å². The van der Waals surface area contributed by atoms with E-state index in [2.05, 4.69) is 14.9 Å². The van der Waals surface area contributed by atoms with Crippen LogP contribution in [0.3, 0.4) is 0 Å². The number of methoxy groups -OCH3 is 1. The number of nitrogens with one attached hydrogen (secondary N) is 2. The summed E-state index contributed by atoms with van der Waals surface area (Å²) in [7, 11) is -2.79. The number of nitrogens with zero attached hydrogens (tertiary/aromatic N) is 3. The van der Waals surface area contributed by atoms with E-state index in [9.17, 15) is 13.2 Å². The Morgan fingerprint density at radius 3 is 2.61 bits per heavy atom. The number of hydrogen-bond donors (Lipinski definition) is 2. The zero-order valence-corrected chi connectivity index (χ0v) is 22.6. The maximum atomic E-state index is 13.7. The van der Waals surface area contributed by atoms with Gasteiger partial charge in [-0.2, -0.15) is 0 Å². The lowest BCUT2D eigenvalue weighted by molar-refractivity contribution is -0.114. The summed E-state index contributed by atoms with van der Waals surface area (Å²) in [5.74, 6) is 0.518. The van der Waals surface area contributed by atoms with Gasteiger partial charge in [-0.15, -0.1) is 11.3 Å². The fourth-order valence-corrected chi connectivity index (χ4v) is 6.45. The van der Waals surface area contributed by atoms with E-state index in [1.54, 1.807) is 6.07 Å². The summed E-state index contributed by atoms with van der Waals surface area (Å²) in [6.07, 6.45) is 0. The number of aromatic nitrogens is 2. The summed E-state index contributed by atoms with van der Waals surface area (Å²) in [6.45, 7) is 4.57. The first-order valence-corrected chi connectivity index (χ1v) is 14.3. The summed E-state index contributed by atoms with van der Waals surface area (Å²) in [5.41, 5.74) is 2.09. The average molecular weight is 554 g/mol. The number of sulfonamides is 1. The Balaban J connectivity index is 1.61. The maximum absolute atomic E-state index is 13.7. The lowest BCUT2D eigenvalue weighted by Crippen LogP contribution is -2.36. The van der Waals surface area contributed by atoms with Gasteiger partial charge in [-0.1, -0.05) is 30.3 Å². The van der Waals surface area contributed by atoms with Crippen LogP contribution in [-0.2, 0) is 26.1 Å². The molecule has 2 N–H and O–H groups in total. The van der Waals surface area contributed by atoms with Crippen molar-refractivity contribution < 1.29 is 22.7 Å². The van der Waals surface area contributed by atoms with E-state index in [-0.39, 0.29) is 22.4 Å². The Hall–Kier alpha value is -3.58. The molecule has 2 aromatic carbocycles. The fourth-order valence-electron chi connectivity index (χ4n) is 4.27. The lowest BCUT2D eigenvalue weighted by Gasteiger charge is -2.25. The molecule has 3 heterocycles. The van der Waals surface area contributed by atoms with E-state index in [1.165, 1.54) is 37.5 Å². The van der Waals surface area contributed by atoms with Crippen LogP contribution in [0.25, 0.3) is 21.3 Å². The Morgan fingerprint density at radius 1 is 1.13 bits per heavy atom. The average Bonchev–Trinajstić information content (AvgIpc) is 3.34. The van der Waals surface area contributed by atoms with Crippen molar-refractivity contribution in [1.82, 2.24) is 14.9 Å². The molecule has 0 radical (unpaired) electrons. The molecule has 0 bridgehead atoms. The number of anilines is 2. The molecular formula is C26H27N5O5S2. The number of amides is 1. The predicted molar refractivity (Wildman–Crippen MR) is 147 cm³/mol. The van der Waals surface area contributed by atoms with Crippen molar-refractivity contribution in [3.8, 4) is 16.9 Å². The fraction of sp³-hybridized carbons (Fsp3) is 0.269. The molecule has 0 unspecified atom stereocenters. The van der Waals surface area contributed by atoms with Gasteiger partial charge in [0.25, 0.3) is 10.0 Å². The third kappa shape index (κ3) is 5.63. The maximum Gasteiger partial charge on any atom is 0.266 e. The smallest absolute Gasteiger partial charge is 0.266 e. The molecule has 2 aromatic heterocycles. The van der Waals surface area contributed by atoms with Crippen LogP contribution in [0.1, 0.15) is 12.7 Å². The van der Waals surface area contributed by atoms with Gasteiger partial charge in [0, 0.05) is 36.6 Å². The molecule has 0 spiro atoms. The highest BCUT2D eigenvalue weighted by atomic mass is 32.2. The van der Waals surface area contributed by atoms with Crippen molar-refractivity contribution in [2.75, 3.05) is 43.5 Å². The molecule has 1 aliphatic rings. The summed E-state index contributed by atoms with van der Waals surface area (Å²) in [4.78, 5) is 23.8. The zero-order chi connectivity index (χ0) is 26.7. The van der Waals surface area contributed by atoms with Gasteiger partial charge in [0.1, 0.15) is 21.3 Å². The normalized spacial score (nSPS) is 14.4. The quantitative estimate of drug-likeness (QED) is 0.336. The molecule has 4 aromatic rings. The van der Waals surface area contributed by atoms with Gasteiger partial charge in [-0.05, 0) is 23.8 Å².